The summed E-state index contributed by atoms with van der Waals surface area (Å²) < 4.78 is 4.27. The number of allylic oxidation sites excluding steroid dienone is 1. The number of anilines is 1. The smallest absolute Gasteiger partial charge is 0.179 e. The summed E-state index contributed by atoms with van der Waals surface area (Å²) in [7, 11) is 0. The van der Waals surface area contributed by atoms with E-state index >= 15 is 0 Å². The molecule has 4 rings (SSSR count). The SMILES string of the molecule is Nc1n[nH]c(Cn2nnc3ccc(-c4cnn(CCO)c4)nc32)c1/C=C\CI. The number of H-pyrrole nitrogens is 1. The van der Waals surface area contributed by atoms with E-state index in [0.29, 0.717) is 30.1 Å². The van der Waals surface area contributed by atoms with Crippen molar-refractivity contribution in [1.82, 2.24) is 40.0 Å². The number of aliphatic hydroxyl groups excluding tert-OH is 1. The summed E-state index contributed by atoms with van der Waals surface area (Å²) in [5, 5.41) is 28.8. The molecule has 4 N–H and O–H groups in total. The Kier molecular flexibility index (Phi) is 5.34. The monoisotopic (exact) mass is 491 g/mol. The number of nitrogens with zero attached hydrogens (tertiary/aromatic N) is 7. The van der Waals surface area contributed by atoms with Gasteiger partial charge in [0.25, 0.3) is 0 Å². The van der Waals surface area contributed by atoms with Gasteiger partial charge in [0.1, 0.15) is 5.52 Å². The van der Waals surface area contributed by atoms with E-state index in [1.165, 1.54) is 0 Å². The number of hydrogen-bond acceptors (Lipinski definition) is 7. The van der Waals surface area contributed by atoms with E-state index in [-0.39, 0.29) is 6.61 Å². The highest BCUT2D eigenvalue weighted by Gasteiger charge is 2.14. The number of nitrogens with two attached hydrogens (primary N) is 1. The van der Waals surface area contributed by atoms with E-state index in [4.69, 9.17) is 15.8 Å². The lowest BCUT2D eigenvalue weighted by Crippen LogP contribution is -2.05. The minimum absolute atomic E-state index is 0.0337. The zero-order valence-electron chi connectivity index (χ0n) is 14.8. The fraction of sp³-hybridized carbons (Fsp3) is 0.235. The molecule has 0 fully saturated rings. The number of alkyl halides is 1. The zero-order valence-corrected chi connectivity index (χ0v) is 17.0. The first kappa shape index (κ1) is 18.6. The van der Waals surface area contributed by atoms with Crippen molar-refractivity contribution in [2.75, 3.05) is 16.8 Å². The molecule has 10 nitrogen and oxygen atoms in total. The van der Waals surface area contributed by atoms with Crippen LogP contribution in [-0.2, 0) is 13.1 Å². The van der Waals surface area contributed by atoms with Gasteiger partial charge in [-0.1, -0.05) is 40.0 Å². The fourth-order valence-corrected chi connectivity index (χ4v) is 3.12. The van der Waals surface area contributed by atoms with E-state index in [9.17, 15) is 0 Å². The minimum Gasteiger partial charge on any atom is -0.394 e. The maximum atomic E-state index is 9.05. The summed E-state index contributed by atoms with van der Waals surface area (Å²) >= 11 is 2.27. The van der Waals surface area contributed by atoms with E-state index in [0.717, 1.165) is 26.9 Å². The van der Waals surface area contributed by atoms with Gasteiger partial charge in [-0.25, -0.2) is 9.67 Å². The molecule has 144 valence electrons. The number of nitrogen functional groups attached to an aromatic ring is 1. The van der Waals surface area contributed by atoms with Gasteiger partial charge in [-0.2, -0.15) is 10.2 Å². The number of aromatic amines is 1. The van der Waals surface area contributed by atoms with E-state index < -0.39 is 0 Å². The second-order valence-electron chi connectivity index (χ2n) is 6.06. The molecule has 4 heterocycles. The van der Waals surface area contributed by atoms with Crippen molar-refractivity contribution in [3.05, 3.63) is 41.9 Å². The summed E-state index contributed by atoms with van der Waals surface area (Å²) in [5.74, 6) is 0.450. The first-order valence-electron chi connectivity index (χ1n) is 8.58. The average molecular weight is 491 g/mol. The molecule has 0 aliphatic heterocycles. The van der Waals surface area contributed by atoms with Gasteiger partial charge in [-0.05, 0) is 12.1 Å². The van der Waals surface area contributed by atoms with Gasteiger partial charge in [0, 0.05) is 21.8 Å². The molecule has 0 saturated carbocycles. The second kappa shape index (κ2) is 8.06. The number of aromatic nitrogens is 8. The van der Waals surface area contributed by atoms with Crippen LogP contribution in [-0.4, -0.2) is 56.1 Å². The highest BCUT2D eigenvalue weighted by Crippen LogP contribution is 2.21. The van der Waals surface area contributed by atoms with Crippen LogP contribution in [0.2, 0.25) is 0 Å². The van der Waals surface area contributed by atoms with Crippen molar-refractivity contribution in [3.63, 3.8) is 0 Å². The van der Waals surface area contributed by atoms with Gasteiger partial charge in [-0.15, -0.1) is 5.10 Å². The molecular formula is C17H18IN9O. The molecule has 4 aromatic rings. The molecule has 0 spiro atoms. The molecule has 11 heteroatoms. The van der Waals surface area contributed by atoms with Crippen LogP contribution in [0.15, 0.2) is 30.6 Å². The molecule has 0 bridgehead atoms. The maximum Gasteiger partial charge on any atom is 0.179 e. The summed E-state index contributed by atoms with van der Waals surface area (Å²) in [4.78, 5) is 4.71. The highest BCUT2D eigenvalue weighted by atomic mass is 127. The number of fused-ring (bicyclic) bond motifs is 1. The maximum absolute atomic E-state index is 9.05. The van der Waals surface area contributed by atoms with Gasteiger partial charge in [-0.3, -0.25) is 9.78 Å². The molecule has 0 unspecified atom stereocenters. The van der Waals surface area contributed by atoms with Gasteiger partial charge in [0.05, 0.1) is 37.3 Å². The molecule has 0 aliphatic rings. The molecule has 0 amide bonds. The lowest BCUT2D eigenvalue weighted by molar-refractivity contribution is 0.269. The molecular weight excluding hydrogens is 473 g/mol. The van der Waals surface area contributed by atoms with Crippen molar-refractivity contribution in [1.29, 1.82) is 0 Å². The van der Waals surface area contributed by atoms with Crippen LogP contribution >= 0.6 is 22.6 Å². The van der Waals surface area contributed by atoms with E-state index in [2.05, 4.69) is 48.2 Å². The van der Waals surface area contributed by atoms with Crippen LogP contribution in [0.4, 0.5) is 5.82 Å². The van der Waals surface area contributed by atoms with Crippen LogP contribution in [0.3, 0.4) is 0 Å². The highest BCUT2D eigenvalue weighted by molar-refractivity contribution is 14.1. The summed E-state index contributed by atoms with van der Waals surface area (Å²) in [6, 6.07) is 3.76. The summed E-state index contributed by atoms with van der Waals surface area (Å²) in [5.41, 5.74) is 10.6. The third kappa shape index (κ3) is 3.62. The van der Waals surface area contributed by atoms with Crippen molar-refractivity contribution < 1.29 is 5.11 Å². The first-order valence-corrected chi connectivity index (χ1v) is 10.1. The molecule has 28 heavy (non-hydrogen) atoms. The Morgan fingerprint density at radius 1 is 1.32 bits per heavy atom. The van der Waals surface area contributed by atoms with E-state index in [1.807, 2.05) is 30.5 Å². The van der Waals surface area contributed by atoms with Crippen molar-refractivity contribution >= 4 is 45.6 Å². The number of hydrogen-bond donors (Lipinski definition) is 3. The quantitative estimate of drug-likeness (QED) is 0.263. The van der Waals surface area contributed by atoms with E-state index in [1.54, 1.807) is 15.6 Å². The largest absolute Gasteiger partial charge is 0.394 e. The number of nitrogens with one attached hydrogen (secondary N) is 1. The lowest BCUT2D eigenvalue weighted by Gasteiger charge is -2.03. The normalized spacial score (nSPS) is 11.8. The minimum atomic E-state index is 0.0337. The van der Waals surface area contributed by atoms with Crippen LogP contribution in [0.5, 0.6) is 0 Å². The van der Waals surface area contributed by atoms with Crippen LogP contribution in [0.1, 0.15) is 11.3 Å². The van der Waals surface area contributed by atoms with Crippen molar-refractivity contribution in [3.8, 4) is 11.3 Å². The number of pyridine rings is 1. The Labute approximate surface area is 173 Å². The summed E-state index contributed by atoms with van der Waals surface area (Å²) in [6.07, 6.45) is 7.54. The molecule has 0 aromatic carbocycles. The third-order valence-corrected chi connectivity index (χ3v) is 4.72. The predicted molar refractivity (Wildman–Crippen MR) is 114 cm³/mol. The number of rotatable bonds is 7. The standard InChI is InChI=1S/C17H18IN9O/c18-5-1-2-12-15(22-24-16(12)19)10-27-17-14(23-25-27)4-3-13(21-17)11-8-20-26(9-11)6-7-28/h1-4,8-9,28H,5-7,10H2,(H3,19,22,24)/b2-1-. The predicted octanol–water partition coefficient (Wildman–Crippen LogP) is 1.48. The van der Waals surface area contributed by atoms with Gasteiger partial charge in [0.15, 0.2) is 11.5 Å². The lowest BCUT2D eigenvalue weighted by atomic mass is 10.2. The zero-order chi connectivity index (χ0) is 19.5. The van der Waals surface area contributed by atoms with Gasteiger partial charge < -0.3 is 10.8 Å². The molecule has 0 atom stereocenters. The number of aliphatic hydroxyl groups is 1. The van der Waals surface area contributed by atoms with Gasteiger partial charge in [0.2, 0.25) is 0 Å². The topological polar surface area (TPSA) is 136 Å². The second-order valence-corrected chi connectivity index (χ2v) is 6.94. The Hall–Kier alpha value is -2.80. The molecule has 0 radical (unpaired) electrons. The number of halogens is 1. The Bertz CT molecular complexity index is 1130. The molecule has 4 aromatic heterocycles. The van der Waals surface area contributed by atoms with Crippen LogP contribution < -0.4 is 5.73 Å². The average Bonchev–Trinajstić information content (AvgIpc) is 3.41. The fourth-order valence-electron chi connectivity index (χ4n) is 2.86. The summed E-state index contributed by atoms with van der Waals surface area (Å²) in [6.45, 7) is 0.893. The Balaban J connectivity index is 1.68. The first-order chi connectivity index (χ1) is 13.7. The van der Waals surface area contributed by atoms with Crippen LogP contribution in [0, 0.1) is 0 Å². The van der Waals surface area contributed by atoms with Crippen molar-refractivity contribution in [2.24, 2.45) is 0 Å². The molecule has 0 aliphatic carbocycles. The molecule has 0 saturated heterocycles. The van der Waals surface area contributed by atoms with Gasteiger partial charge >= 0.3 is 0 Å². The Morgan fingerprint density at radius 3 is 3.04 bits per heavy atom. The third-order valence-electron chi connectivity index (χ3n) is 4.21. The Morgan fingerprint density at radius 2 is 2.21 bits per heavy atom. The van der Waals surface area contributed by atoms with Crippen molar-refractivity contribution in [2.45, 2.75) is 13.1 Å². The van der Waals surface area contributed by atoms with Crippen LogP contribution in [0.25, 0.3) is 28.5 Å².